The molecule has 0 radical (unpaired) electrons. The summed E-state index contributed by atoms with van der Waals surface area (Å²) >= 11 is 0. The molecular formula is C12H20. The number of rotatable bonds is 4. The van der Waals surface area contributed by atoms with Gasteiger partial charge in [-0.1, -0.05) is 57.4 Å². The van der Waals surface area contributed by atoms with Crippen molar-refractivity contribution in [3.8, 4) is 0 Å². The molecule has 0 amide bonds. The van der Waals surface area contributed by atoms with Gasteiger partial charge < -0.3 is 0 Å². The molecule has 1 atom stereocenters. The van der Waals surface area contributed by atoms with E-state index in [1.807, 2.05) is 6.08 Å². The van der Waals surface area contributed by atoms with E-state index in [-0.39, 0.29) is 0 Å². The zero-order chi connectivity index (χ0) is 8.81. The van der Waals surface area contributed by atoms with Gasteiger partial charge in [0, 0.05) is 0 Å². The normalized spacial score (nSPS) is 21.8. The highest BCUT2D eigenvalue weighted by atomic mass is 14.2. The second kappa shape index (κ2) is 5.18. The Kier molecular flexibility index (Phi) is 4.13. The molecule has 0 nitrogen and oxygen atoms in total. The molecule has 1 saturated carbocycles. The molecule has 1 rings (SSSR count). The fraction of sp³-hybridized carbons (Fsp3) is 0.667. The van der Waals surface area contributed by atoms with Crippen LogP contribution in [0.5, 0.6) is 0 Å². The molecule has 1 fully saturated rings. The summed E-state index contributed by atoms with van der Waals surface area (Å²) in [6, 6.07) is 0. The van der Waals surface area contributed by atoms with Crippen molar-refractivity contribution in [3.63, 3.8) is 0 Å². The summed E-state index contributed by atoms with van der Waals surface area (Å²) in [6.45, 7) is 5.98. The summed E-state index contributed by atoms with van der Waals surface area (Å²) < 4.78 is 0. The van der Waals surface area contributed by atoms with Crippen molar-refractivity contribution in [2.75, 3.05) is 0 Å². The van der Waals surface area contributed by atoms with Crippen LogP contribution in [0.1, 0.15) is 39.0 Å². The van der Waals surface area contributed by atoms with E-state index in [1.54, 1.807) is 0 Å². The molecule has 1 unspecified atom stereocenters. The second-order valence-corrected chi connectivity index (χ2v) is 3.98. The van der Waals surface area contributed by atoms with Gasteiger partial charge in [-0.25, -0.2) is 0 Å². The van der Waals surface area contributed by atoms with E-state index in [2.05, 4.69) is 25.7 Å². The quantitative estimate of drug-likeness (QED) is 0.552. The summed E-state index contributed by atoms with van der Waals surface area (Å²) in [5.41, 5.74) is 0. The Hall–Kier alpha value is -0.520. The van der Waals surface area contributed by atoms with Gasteiger partial charge in [-0.05, 0) is 18.3 Å². The first-order chi connectivity index (χ1) is 5.83. The maximum Gasteiger partial charge on any atom is -0.0256 e. The summed E-state index contributed by atoms with van der Waals surface area (Å²) in [7, 11) is 0. The predicted octanol–water partition coefficient (Wildman–Crippen LogP) is 3.95. The van der Waals surface area contributed by atoms with E-state index in [0.717, 1.165) is 11.8 Å². The number of hydrogen-bond donors (Lipinski definition) is 0. The van der Waals surface area contributed by atoms with Crippen LogP contribution >= 0.6 is 0 Å². The van der Waals surface area contributed by atoms with Crippen LogP contribution in [0, 0.1) is 11.8 Å². The van der Waals surface area contributed by atoms with Crippen molar-refractivity contribution in [3.05, 3.63) is 24.8 Å². The van der Waals surface area contributed by atoms with Gasteiger partial charge in [0.1, 0.15) is 0 Å². The van der Waals surface area contributed by atoms with Crippen molar-refractivity contribution in [1.29, 1.82) is 0 Å². The van der Waals surface area contributed by atoms with Gasteiger partial charge in [0.25, 0.3) is 0 Å². The fourth-order valence-corrected chi connectivity index (χ4v) is 2.12. The fourth-order valence-electron chi connectivity index (χ4n) is 2.12. The first-order valence-electron chi connectivity index (χ1n) is 5.12. The zero-order valence-corrected chi connectivity index (χ0v) is 8.13. The molecule has 0 heteroatoms. The lowest BCUT2D eigenvalue weighted by Crippen LogP contribution is -1.99. The maximum absolute atomic E-state index is 3.68. The highest BCUT2D eigenvalue weighted by Gasteiger charge is 2.16. The van der Waals surface area contributed by atoms with Gasteiger partial charge in [0.15, 0.2) is 0 Å². The van der Waals surface area contributed by atoms with Crippen molar-refractivity contribution in [2.24, 2.45) is 11.8 Å². The summed E-state index contributed by atoms with van der Waals surface area (Å²) in [5.74, 6) is 1.75. The molecule has 1 aliphatic rings. The first kappa shape index (κ1) is 9.57. The lowest BCUT2D eigenvalue weighted by atomic mass is 9.94. The molecule has 68 valence electrons. The summed E-state index contributed by atoms with van der Waals surface area (Å²) in [4.78, 5) is 0. The molecule has 1 aliphatic carbocycles. The minimum absolute atomic E-state index is 0.742. The van der Waals surface area contributed by atoms with Crippen LogP contribution in [0.2, 0.25) is 0 Å². The van der Waals surface area contributed by atoms with Gasteiger partial charge in [-0.2, -0.15) is 0 Å². The van der Waals surface area contributed by atoms with E-state index < -0.39 is 0 Å². The molecule has 0 saturated heterocycles. The third-order valence-corrected chi connectivity index (χ3v) is 2.76. The topological polar surface area (TPSA) is 0 Å². The van der Waals surface area contributed by atoms with Crippen molar-refractivity contribution >= 4 is 0 Å². The van der Waals surface area contributed by atoms with Crippen LogP contribution in [0.25, 0.3) is 0 Å². The Labute approximate surface area is 76.4 Å². The van der Waals surface area contributed by atoms with E-state index in [0.29, 0.717) is 0 Å². The van der Waals surface area contributed by atoms with Gasteiger partial charge in [0.2, 0.25) is 0 Å². The third-order valence-electron chi connectivity index (χ3n) is 2.76. The van der Waals surface area contributed by atoms with Crippen LogP contribution in [-0.2, 0) is 0 Å². The SMILES string of the molecule is C=CC=CC(C)CC1CCCC1. The molecule has 0 aromatic rings. The monoisotopic (exact) mass is 164 g/mol. The van der Waals surface area contributed by atoms with Gasteiger partial charge in [0.05, 0.1) is 0 Å². The minimum atomic E-state index is 0.742. The van der Waals surface area contributed by atoms with E-state index in [1.165, 1.54) is 32.1 Å². The lowest BCUT2D eigenvalue weighted by molar-refractivity contribution is 0.444. The van der Waals surface area contributed by atoms with E-state index in [9.17, 15) is 0 Å². The Morgan fingerprint density at radius 3 is 2.67 bits per heavy atom. The molecule has 0 N–H and O–H groups in total. The first-order valence-corrected chi connectivity index (χ1v) is 5.12. The van der Waals surface area contributed by atoms with E-state index in [4.69, 9.17) is 0 Å². The van der Waals surface area contributed by atoms with Crippen LogP contribution in [0.3, 0.4) is 0 Å². The third kappa shape index (κ3) is 3.25. The highest BCUT2D eigenvalue weighted by Crippen LogP contribution is 2.30. The van der Waals surface area contributed by atoms with Gasteiger partial charge in [-0.15, -0.1) is 0 Å². The Bertz CT molecular complexity index is 149. The molecule has 0 aliphatic heterocycles. The van der Waals surface area contributed by atoms with Crippen LogP contribution in [-0.4, -0.2) is 0 Å². The Morgan fingerprint density at radius 2 is 2.08 bits per heavy atom. The highest BCUT2D eigenvalue weighted by molar-refractivity contribution is 4.99. The standard InChI is InChI=1S/C12H20/c1-3-4-7-11(2)10-12-8-5-6-9-12/h3-4,7,11-12H,1,5-6,8-10H2,2H3. The zero-order valence-electron chi connectivity index (χ0n) is 8.13. The molecule has 0 aromatic heterocycles. The van der Waals surface area contributed by atoms with E-state index >= 15 is 0 Å². The molecular weight excluding hydrogens is 144 g/mol. The predicted molar refractivity (Wildman–Crippen MR) is 55.1 cm³/mol. The molecule has 0 spiro atoms. The van der Waals surface area contributed by atoms with Crippen LogP contribution < -0.4 is 0 Å². The molecule has 0 aromatic carbocycles. The smallest absolute Gasteiger partial charge is 0.0256 e. The van der Waals surface area contributed by atoms with Crippen molar-refractivity contribution in [1.82, 2.24) is 0 Å². The van der Waals surface area contributed by atoms with Crippen molar-refractivity contribution < 1.29 is 0 Å². The summed E-state index contributed by atoms with van der Waals surface area (Å²) in [5, 5.41) is 0. The average molecular weight is 164 g/mol. The van der Waals surface area contributed by atoms with Crippen LogP contribution in [0.4, 0.5) is 0 Å². The summed E-state index contributed by atoms with van der Waals surface area (Å²) in [6.07, 6.45) is 13.4. The average Bonchev–Trinajstić information content (AvgIpc) is 2.53. The lowest BCUT2D eigenvalue weighted by Gasteiger charge is -2.11. The second-order valence-electron chi connectivity index (χ2n) is 3.98. The minimum Gasteiger partial charge on any atom is -0.0991 e. The van der Waals surface area contributed by atoms with Gasteiger partial charge >= 0.3 is 0 Å². The Balaban J connectivity index is 2.20. The Morgan fingerprint density at radius 1 is 1.42 bits per heavy atom. The van der Waals surface area contributed by atoms with Gasteiger partial charge in [-0.3, -0.25) is 0 Å². The number of hydrogen-bond acceptors (Lipinski definition) is 0. The largest absolute Gasteiger partial charge is 0.0991 e. The molecule has 12 heavy (non-hydrogen) atoms. The molecule has 0 heterocycles. The maximum atomic E-state index is 3.68. The van der Waals surface area contributed by atoms with Crippen molar-refractivity contribution in [2.45, 2.75) is 39.0 Å². The number of allylic oxidation sites excluding steroid dienone is 3. The van der Waals surface area contributed by atoms with Crippen LogP contribution in [0.15, 0.2) is 24.8 Å². The molecule has 0 bridgehead atoms.